The first-order chi connectivity index (χ1) is 10.7. The fraction of sp³-hybridized carbons (Fsp3) is 0.529. The highest BCUT2D eigenvalue weighted by atomic mass is 19.1. The Kier molecular flexibility index (Phi) is 3.26. The molecule has 2 bridgehead atoms. The first kappa shape index (κ1) is 13.9. The topological polar surface area (TPSA) is 35.9 Å². The predicted octanol–water partition coefficient (Wildman–Crippen LogP) is 2.57. The van der Waals surface area contributed by atoms with Crippen LogP contribution in [-0.2, 0) is 4.79 Å². The van der Waals surface area contributed by atoms with Crippen molar-refractivity contribution < 1.29 is 9.18 Å². The Bertz CT molecular complexity index is 637. The Balaban J connectivity index is 1.78. The summed E-state index contributed by atoms with van der Waals surface area (Å²) in [6.07, 6.45) is 2.67. The van der Waals surface area contributed by atoms with Crippen LogP contribution in [0.1, 0.15) is 37.8 Å². The molecule has 5 heteroatoms. The molecule has 1 amide bonds. The van der Waals surface area contributed by atoms with E-state index in [-0.39, 0.29) is 23.8 Å². The minimum atomic E-state index is -0.259. The Morgan fingerprint density at radius 3 is 2.77 bits per heavy atom. The highest BCUT2D eigenvalue weighted by Gasteiger charge is 2.50. The van der Waals surface area contributed by atoms with Crippen LogP contribution < -0.4 is 0 Å². The van der Waals surface area contributed by atoms with E-state index >= 15 is 0 Å². The van der Waals surface area contributed by atoms with Crippen molar-refractivity contribution in [1.29, 1.82) is 0 Å². The fourth-order valence-electron chi connectivity index (χ4n) is 4.11. The van der Waals surface area contributed by atoms with E-state index in [9.17, 15) is 9.18 Å². The van der Waals surface area contributed by atoms with Crippen molar-refractivity contribution >= 4 is 11.6 Å². The van der Waals surface area contributed by atoms with Gasteiger partial charge in [-0.05, 0) is 43.6 Å². The summed E-state index contributed by atoms with van der Waals surface area (Å²) in [4.78, 5) is 14.8. The lowest BCUT2D eigenvalue weighted by atomic mass is 9.78. The van der Waals surface area contributed by atoms with Crippen LogP contribution >= 0.6 is 0 Å². The van der Waals surface area contributed by atoms with Gasteiger partial charge in [-0.15, -0.1) is 0 Å². The van der Waals surface area contributed by atoms with Crippen LogP contribution in [0.4, 0.5) is 4.39 Å². The van der Waals surface area contributed by atoms with Gasteiger partial charge in [0, 0.05) is 12.3 Å². The SMILES string of the molecule is CCC(=O)N1N=C2C3CCN(CC3)C2C1c1cccc(F)c1. The van der Waals surface area contributed by atoms with Gasteiger partial charge in [-0.25, -0.2) is 9.40 Å². The lowest BCUT2D eigenvalue weighted by Gasteiger charge is -2.46. The number of rotatable bonds is 2. The Hall–Kier alpha value is -1.75. The minimum absolute atomic E-state index is 0.0109. The minimum Gasteiger partial charge on any atom is -0.293 e. The molecule has 4 aliphatic heterocycles. The van der Waals surface area contributed by atoms with Crippen LogP contribution in [0, 0.1) is 11.7 Å². The van der Waals surface area contributed by atoms with Gasteiger partial charge in [0.2, 0.25) is 5.91 Å². The Morgan fingerprint density at radius 2 is 2.09 bits per heavy atom. The third kappa shape index (κ3) is 1.99. The van der Waals surface area contributed by atoms with Gasteiger partial charge in [-0.1, -0.05) is 19.1 Å². The molecule has 116 valence electrons. The number of carbonyl (C=O) groups is 1. The highest BCUT2D eigenvalue weighted by Crippen LogP contribution is 2.43. The average molecular weight is 301 g/mol. The van der Waals surface area contributed by atoms with E-state index in [4.69, 9.17) is 0 Å². The van der Waals surface area contributed by atoms with Gasteiger partial charge in [-0.3, -0.25) is 9.69 Å². The third-order valence-electron chi connectivity index (χ3n) is 5.18. The van der Waals surface area contributed by atoms with E-state index in [1.807, 2.05) is 13.0 Å². The number of hydrogen-bond donors (Lipinski definition) is 0. The molecule has 1 aromatic rings. The number of hydrogen-bond acceptors (Lipinski definition) is 3. The summed E-state index contributed by atoms with van der Waals surface area (Å²) < 4.78 is 13.7. The molecule has 0 saturated carbocycles. The molecule has 1 aromatic carbocycles. The second-order valence-electron chi connectivity index (χ2n) is 6.37. The van der Waals surface area contributed by atoms with E-state index in [0.717, 1.165) is 37.2 Å². The standard InChI is InChI=1S/C17H20FN3O/c1-2-14(22)21-16(12-4-3-5-13(18)10-12)17-15(19-21)11-6-8-20(17)9-7-11/h3-5,10-11,16-17H,2,6-9H2,1H3. The highest BCUT2D eigenvalue weighted by molar-refractivity contribution is 5.97. The van der Waals surface area contributed by atoms with Gasteiger partial charge < -0.3 is 0 Å². The molecule has 3 fully saturated rings. The summed E-state index contributed by atoms with van der Waals surface area (Å²) in [6, 6.07) is 6.56. The summed E-state index contributed by atoms with van der Waals surface area (Å²) >= 11 is 0. The molecule has 22 heavy (non-hydrogen) atoms. The number of fused-ring (bicyclic) bond motifs is 2. The predicted molar refractivity (Wildman–Crippen MR) is 81.8 cm³/mol. The summed E-state index contributed by atoms with van der Waals surface area (Å²) in [7, 11) is 0. The lowest BCUT2D eigenvalue weighted by molar-refractivity contribution is -0.133. The number of carbonyl (C=O) groups excluding carboxylic acids is 1. The monoisotopic (exact) mass is 301 g/mol. The molecule has 3 saturated heterocycles. The first-order valence-corrected chi connectivity index (χ1v) is 8.09. The zero-order valence-electron chi connectivity index (χ0n) is 12.7. The Morgan fingerprint density at radius 1 is 1.32 bits per heavy atom. The van der Waals surface area contributed by atoms with Crippen LogP contribution in [0.2, 0.25) is 0 Å². The van der Waals surface area contributed by atoms with Crippen molar-refractivity contribution in [2.45, 2.75) is 38.3 Å². The van der Waals surface area contributed by atoms with E-state index in [1.54, 1.807) is 17.1 Å². The quantitative estimate of drug-likeness (QED) is 0.841. The Labute approximate surface area is 129 Å². The summed E-state index contributed by atoms with van der Waals surface area (Å²) in [6.45, 7) is 3.95. The van der Waals surface area contributed by atoms with Gasteiger partial charge in [0.05, 0.1) is 11.8 Å². The molecule has 0 aliphatic carbocycles. The number of amides is 1. The maximum atomic E-state index is 13.7. The summed E-state index contributed by atoms with van der Waals surface area (Å²) in [5.41, 5.74) is 1.98. The van der Waals surface area contributed by atoms with Crippen molar-refractivity contribution in [3.63, 3.8) is 0 Å². The van der Waals surface area contributed by atoms with Gasteiger partial charge in [-0.2, -0.15) is 5.10 Å². The van der Waals surface area contributed by atoms with Crippen molar-refractivity contribution in [2.75, 3.05) is 13.1 Å². The number of hydrazone groups is 1. The molecular weight excluding hydrogens is 281 g/mol. The smallest absolute Gasteiger partial charge is 0.243 e. The van der Waals surface area contributed by atoms with Crippen LogP contribution in [0.3, 0.4) is 0 Å². The van der Waals surface area contributed by atoms with Gasteiger partial charge in [0.1, 0.15) is 11.9 Å². The second-order valence-corrected chi connectivity index (χ2v) is 6.37. The zero-order chi connectivity index (χ0) is 15.3. The van der Waals surface area contributed by atoms with E-state index in [1.165, 1.54) is 6.07 Å². The molecule has 2 unspecified atom stereocenters. The van der Waals surface area contributed by atoms with Gasteiger partial charge in [0.25, 0.3) is 0 Å². The van der Waals surface area contributed by atoms with Crippen molar-refractivity contribution in [3.05, 3.63) is 35.6 Å². The summed E-state index contributed by atoms with van der Waals surface area (Å²) in [5, 5.41) is 6.30. The molecule has 4 nitrogen and oxygen atoms in total. The third-order valence-corrected chi connectivity index (χ3v) is 5.18. The first-order valence-electron chi connectivity index (χ1n) is 8.09. The molecule has 0 radical (unpaired) electrons. The molecule has 4 heterocycles. The second kappa shape index (κ2) is 5.16. The van der Waals surface area contributed by atoms with E-state index in [2.05, 4.69) is 10.0 Å². The maximum absolute atomic E-state index is 13.7. The normalized spacial score (nSPS) is 32.8. The molecular formula is C17H20FN3O. The zero-order valence-corrected chi connectivity index (χ0v) is 12.7. The van der Waals surface area contributed by atoms with Crippen LogP contribution in [0.5, 0.6) is 0 Å². The summed E-state index contributed by atoms with van der Waals surface area (Å²) in [5.74, 6) is 0.239. The number of piperidine rings is 3. The van der Waals surface area contributed by atoms with Crippen LogP contribution in [0.25, 0.3) is 0 Å². The van der Waals surface area contributed by atoms with Crippen molar-refractivity contribution in [1.82, 2.24) is 9.91 Å². The van der Waals surface area contributed by atoms with Crippen molar-refractivity contribution in [2.24, 2.45) is 11.0 Å². The van der Waals surface area contributed by atoms with Crippen molar-refractivity contribution in [3.8, 4) is 0 Å². The molecule has 0 N–H and O–H groups in total. The molecule has 4 aliphatic rings. The largest absolute Gasteiger partial charge is 0.293 e. The number of nitrogens with zero attached hydrogens (tertiary/aromatic N) is 3. The molecule has 2 atom stereocenters. The molecule has 5 rings (SSSR count). The lowest BCUT2D eigenvalue weighted by Crippen LogP contribution is -2.56. The molecule has 0 spiro atoms. The van der Waals surface area contributed by atoms with Gasteiger partial charge >= 0.3 is 0 Å². The fourth-order valence-corrected chi connectivity index (χ4v) is 4.11. The molecule has 0 aromatic heterocycles. The van der Waals surface area contributed by atoms with Gasteiger partial charge in [0.15, 0.2) is 0 Å². The average Bonchev–Trinajstić information content (AvgIpc) is 2.97. The number of halogens is 1. The van der Waals surface area contributed by atoms with Crippen LogP contribution in [-0.4, -0.2) is 40.7 Å². The van der Waals surface area contributed by atoms with E-state index < -0.39 is 0 Å². The maximum Gasteiger partial charge on any atom is 0.243 e. The van der Waals surface area contributed by atoms with E-state index in [0.29, 0.717) is 12.3 Å². The number of benzene rings is 1. The van der Waals surface area contributed by atoms with Crippen LogP contribution in [0.15, 0.2) is 29.4 Å².